The molecule has 0 saturated carbocycles. The molecule has 0 aromatic carbocycles. The molecule has 0 amide bonds. The van der Waals surface area contributed by atoms with Crippen LogP contribution in [0, 0.1) is 29.6 Å². The van der Waals surface area contributed by atoms with Gasteiger partial charge in [-0.25, -0.2) is 0 Å². The lowest BCUT2D eigenvalue weighted by atomic mass is 9.70. The molecule has 272 valence electrons. The van der Waals surface area contributed by atoms with Crippen LogP contribution in [-0.4, -0.2) is 122 Å². The van der Waals surface area contributed by atoms with E-state index >= 15 is 0 Å². The molecule has 0 aromatic rings. The van der Waals surface area contributed by atoms with Crippen LogP contribution < -0.4 is 0 Å². The number of carbonyl (C=O) groups excluding carboxylic acids is 3. The van der Waals surface area contributed by atoms with Gasteiger partial charge in [0, 0.05) is 43.9 Å². The fourth-order valence-corrected chi connectivity index (χ4v) is 10.4. The minimum absolute atomic E-state index is 0.000250. The molecule has 0 spiro atoms. The van der Waals surface area contributed by atoms with Gasteiger partial charge in [0.2, 0.25) is 0 Å². The van der Waals surface area contributed by atoms with Gasteiger partial charge in [0.05, 0.1) is 29.8 Å². The van der Waals surface area contributed by atoms with Crippen LogP contribution in [0.2, 0.25) is 0 Å². The fraction of sp³-hybridized carbons (Fsp3) is 0.912. The quantitative estimate of drug-likeness (QED) is 0.284. The molecule has 0 aliphatic carbocycles. The average molecular weight is 706 g/mol. The van der Waals surface area contributed by atoms with Crippen molar-refractivity contribution in [1.29, 1.82) is 0 Å². The Balaban J connectivity index is 2.14. The number of aliphatic hydroxyl groups is 1. The summed E-state index contributed by atoms with van der Waals surface area (Å²) in [5, 5.41) is 11.2. The third-order valence-corrected chi connectivity index (χ3v) is 13.1. The molecular formula is C34H59NO10S2. The third-order valence-electron chi connectivity index (χ3n) is 11.0. The number of fused-ring (bicyclic) bond motifs is 1. The number of nitrogens with zero attached hydrogens (tertiary/aromatic N) is 1. The van der Waals surface area contributed by atoms with E-state index in [1.54, 1.807) is 28.1 Å². The van der Waals surface area contributed by atoms with Gasteiger partial charge in [0.1, 0.15) is 23.2 Å². The van der Waals surface area contributed by atoms with E-state index < -0.39 is 88.7 Å². The second-order valence-electron chi connectivity index (χ2n) is 14.4. The molecule has 3 saturated heterocycles. The van der Waals surface area contributed by atoms with Crippen molar-refractivity contribution in [3.63, 3.8) is 0 Å². The number of methoxy groups -OCH3 is 2. The number of ether oxygens (including phenoxy) is 6. The predicted molar refractivity (Wildman–Crippen MR) is 183 cm³/mol. The number of hydrogen-bond acceptors (Lipinski definition) is 13. The van der Waals surface area contributed by atoms with Gasteiger partial charge < -0.3 is 38.4 Å². The van der Waals surface area contributed by atoms with Crippen molar-refractivity contribution >= 4 is 39.3 Å². The lowest BCUT2D eigenvalue weighted by Crippen LogP contribution is -2.60. The molecule has 3 aliphatic rings. The second kappa shape index (κ2) is 16.4. The summed E-state index contributed by atoms with van der Waals surface area (Å²) in [6.07, 6.45) is -1.04. The van der Waals surface area contributed by atoms with Crippen LogP contribution in [-0.2, 0) is 42.8 Å². The molecule has 47 heavy (non-hydrogen) atoms. The maximum absolute atomic E-state index is 14.4. The molecule has 0 bridgehead atoms. The predicted octanol–water partition coefficient (Wildman–Crippen LogP) is 4.37. The highest BCUT2D eigenvalue weighted by Crippen LogP contribution is 2.50. The van der Waals surface area contributed by atoms with Crippen LogP contribution in [0.25, 0.3) is 0 Å². The highest BCUT2D eigenvalue weighted by molar-refractivity contribution is 8.76. The Kier molecular flexibility index (Phi) is 14.1. The van der Waals surface area contributed by atoms with Crippen molar-refractivity contribution in [2.24, 2.45) is 29.6 Å². The zero-order valence-electron chi connectivity index (χ0n) is 30.5. The van der Waals surface area contributed by atoms with E-state index in [4.69, 9.17) is 28.4 Å². The molecule has 0 radical (unpaired) electrons. The number of rotatable bonds is 8. The SMILES string of the molecule is CC[C@H]1OC(=O)[C@H](C)[C@@H](O)[C@H](C)[C@@H](O[C@@H]2O[C@H](C)C[C@H](N(C)C)[C@H]2OC)[C@](C)(OC)C[C@@H](C)C(=O)[C@H](C)[C@H]2C(SSC)C(=O)O[C@@]21C. The second-order valence-corrected chi connectivity index (χ2v) is 17.0. The number of hydrogen-bond donors (Lipinski definition) is 1. The highest BCUT2D eigenvalue weighted by atomic mass is 33.1. The highest BCUT2D eigenvalue weighted by Gasteiger charge is 2.61. The minimum Gasteiger partial charge on any atom is -0.458 e. The van der Waals surface area contributed by atoms with Crippen LogP contribution in [0.5, 0.6) is 0 Å². The smallest absolute Gasteiger partial charge is 0.321 e. The van der Waals surface area contributed by atoms with Crippen molar-refractivity contribution in [2.75, 3.05) is 34.6 Å². The van der Waals surface area contributed by atoms with E-state index in [9.17, 15) is 19.5 Å². The van der Waals surface area contributed by atoms with Crippen LogP contribution in [0.15, 0.2) is 0 Å². The summed E-state index contributed by atoms with van der Waals surface area (Å²) < 4.78 is 37.5. The van der Waals surface area contributed by atoms with Gasteiger partial charge in [-0.15, -0.1) is 0 Å². The van der Waals surface area contributed by atoms with Crippen LogP contribution in [0.1, 0.15) is 74.7 Å². The van der Waals surface area contributed by atoms with E-state index in [0.717, 1.165) is 6.42 Å². The zero-order valence-corrected chi connectivity index (χ0v) is 32.1. The summed E-state index contributed by atoms with van der Waals surface area (Å²) >= 11 is 0. The number of cyclic esters (lactones) is 1. The number of likely N-dealkylation sites (N-methyl/N-ethyl adjacent to an activating group) is 1. The van der Waals surface area contributed by atoms with E-state index in [1.807, 2.05) is 61.9 Å². The maximum atomic E-state index is 14.4. The number of aliphatic hydroxyl groups excluding tert-OH is 1. The largest absolute Gasteiger partial charge is 0.458 e. The minimum atomic E-state index is -1.24. The van der Waals surface area contributed by atoms with Crippen LogP contribution in [0.4, 0.5) is 0 Å². The summed E-state index contributed by atoms with van der Waals surface area (Å²) in [5.41, 5.74) is -2.35. The van der Waals surface area contributed by atoms with Crippen LogP contribution in [0.3, 0.4) is 0 Å². The zero-order chi connectivity index (χ0) is 35.6. The standard InChI is InChI=1S/C34H59NO10S2/c1-14-23-34(8)24(28(47-46-13)31(39)45-34)19(4)25(36)17(2)16-33(7,41-12)29(20(5)26(37)21(6)30(38)43-23)44-32-27(40-11)22(35(9)10)15-18(3)42-32/h17-24,26-29,32,37H,14-16H2,1-13H3/t17-,18-,19-,20+,21-,22+,23-,24+,26+,27-,28?,29-,32+,33-,34-/m1/s1. The van der Waals surface area contributed by atoms with Crippen molar-refractivity contribution in [3.8, 4) is 0 Å². The Morgan fingerprint density at radius 3 is 2.19 bits per heavy atom. The average Bonchev–Trinajstić information content (AvgIpc) is 3.28. The van der Waals surface area contributed by atoms with Crippen molar-refractivity contribution in [3.05, 3.63) is 0 Å². The van der Waals surface area contributed by atoms with E-state index in [0.29, 0.717) is 6.42 Å². The summed E-state index contributed by atoms with van der Waals surface area (Å²) in [5.74, 6) is -4.43. The molecule has 13 heteroatoms. The van der Waals surface area contributed by atoms with Crippen molar-refractivity contribution in [1.82, 2.24) is 4.90 Å². The fourth-order valence-electron chi connectivity index (χ4n) is 8.18. The molecule has 0 aromatic heterocycles. The summed E-state index contributed by atoms with van der Waals surface area (Å²) in [4.78, 5) is 43.6. The molecule has 11 nitrogen and oxygen atoms in total. The molecule has 1 unspecified atom stereocenters. The molecule has 1 N–H and O–H groups in total. The normalized spacial score (nSPS) is 45.7. The summed E-state index contributed by atoms with van der Waals surface area (Å²) in [6, 6.07) is 0.000250. The Morgan fingerprint density at radius 1 is 1.02 bits per heavy atom. The molecule has 15 atom stereocenters. The number of ketones is 1. The van der Waals surface area contributed by atoms with Gasteiger partial charge in [-0.2, -0.15) is 0 Å². The molecule has 3 rings (SSSR count). The topological polar surface area (TPSA) is 130 Å². The third kappa shape index (κ3) is 8.18. The van der Waals surface area contributed by atoms with Crippen molar-refractivity contribution < 1.29 is 47.9 Å². The lowest BCUT2D eigenvalue weighted by molar-refractivity contribution is -0.305. The van der Waals surface area contributed by atoms with Gasteiger partial charge in [-0.1, -0.05) is 49.3 Å². The maximum Gasteiger partial charge on any atom is 0.321 e. The molecular weight excluding hydrogens is 647 g/mol. The monoisotopic (exact) mass is 705 g/mol. The van der Waals surface area contributed by atoms with Gasteiger partial charge in [-0.05, 0) is 67.3 Å². The molecule has 3 heterocycles. The van der Waals surface area contributed by atoms with Gasteiger partial charge in [-0.3, -0.25) is 14.4 Å². The first-order chi connectivity index (χ1) is 21.9. The molecule has 3 fully saturated rings. The lowest BCUT2D eigenvalue weighted by Gasteiger charge is -2.48. The number of carbonyl (C=O) groups is 3. The summed E-state index contributed by atoms with van der Waals surface area (Å²) in [6.45, 7) is 14.6. The van der Waals surface area contributed by atoms with Crippen molar-refractivity contribution in [2.45, 2.75) is 134 Å². The molecule has 3 aliphatic heterocycles. The Hall–Kier alpha value is -0.930. The summed E-state index contributed by atoms with van der Waals surface area (Å²) in [7, 11) is 9.95. The first kappa shape index (κ1) is 40.5. The first-order valence-electron chi connectivity index (χ1n) is 16.8. The Morgan fingerprint density at radius 2 is 1.66 bits per heavy atom. The van der Waals surface area contributed by atoms with Gasteiger partial charge >= 0.3 is 11.9 Å². The van der Waals surface area contributed by atoms with E-state index in [2.05, 4.69) is 4.90 Å². The first-order valence-corrected chi connectivity index (χ1v) is 19.4. The van der Waals surface area contributed by atoms with Gasteiger partial charge in [0.15, 0.2) is 11.9 Å². The Bertz CT molecular complexity index is 1100. The van der Waals surface area contributed by atoms with E-state index in [-0.39, 0.29) is 24.3 Å². The van der Waals surface area contributed by atoms with Gasteiger partial charge in [0.25, 0.3) is 0 Å². The number of Topliss-reactive ketones (excluding diaryl/α,β-unsaturated/α-hetero) is 1. The van der Waals surface area contributed by atoms with Crippen LogP contribution >= 0.6 is 21.6 Å². The Labute approximate surface area is 289 Å². The van der Waals surface area contributed by atoms with E-state index in [1.165, 1.54) is 21.6 Å². The number of esters is 2.